The van der Waals surface area contributed by atoms with Crippen LogP contribution in [0.15, 0.2) is 29.5 Å². The highest BCUT2D eigenvalue weighted by molar-refractivity contribution is 8.14. The summed E-state index contributed by atoms with van der Waals surface area (Å²) in [6.07, 6.45) is 5.86. The Balaban J connectivity index is 1.92. The fourth-order valence-corrected chi connectivity index (χ4v) is 6.30. The van der Waals surface area contributed by atoms with Crippen LogP contribution in [0, 0.1) is 11.3 Å². The van der Waals surface area contributed by atoms with Crippen molar-refractivity contribution in [2.24, 2.45) is 16.5 Å². The van der Waals surface area contributed by atoms with Gasteiger partial charge in [-0.3, -0.25) is 4.28 Å². The van der Waals surface area contributed by atoms with E-state index in [0.29, 0.717) is 23.8 Å². The summed E-state index contributed by atoms with van der Waals surface area (Å²) in [6, 6.07) is 0. The maximum Gasteiger partial charge on any atom is 0.335 e. The van der Waals surface area contributed by atoms with Gasteiger partial charge in [0, 0.05) is 11.2 Å². The van der Waals surface area contributed by atoms with Crippen LogP contribution < -0.4 is 0 Å². The Hall–Kier alpha value is -0.750. The first kappa shape index (κ1) is 14.2. The number of hydrogen-bond donors (Lipinski definition) is 0. The van der Waals surface area contributed by atoms with E-state index in [9.17, 15) is 8.42 Å². The third-order valence-electron chi connectivity index (χ3n) is 5.20. The number of allylic oxidation sites excluding steroid dienone is 1. The molecular weight excluding hydrogens is 294 g/mol. The average molecular weight is 313 g/mol. The summed E-state index contributed by atoms with van der Waals surface area (Å²) < 4.78 is 29.6. The Labute approximate surface area is 124 Å². The first-order valence-corrected chi connectivity index (χ1v) is 9.19. The van der Waals surface area contributed by atoms with Gasteiger partial charge >= 0.3 is 10.1 Å². The zero-order valence-corrected chi connectivity index (χ0v) is 13.4. The number of fused-ring (bicyclic) bond motifs is 2. The van der Waals surface area contributed by atoms with Crippen LogP contribution in [0.2, 0.25) is 0 Å². The van der Waals surface area contributed by atoms with Crippen molar-refractivity contribution in [2.75, 3.05) is 5.75 Å². The highest BCUT2D eigenvalue weighted by atomic mass is 32.2. The van der Waals surface area contributed by atoms with Gasteiger partial charge in [0.2, 0.25) is 0 Å². The second kappa shape index (κ2) is 4.37. The van der Waals surface area contributed by atoms with Crippen molar-refractivity contribution in [3.05, 3.63) is 24.3 Å². The van der Waals surface area contributed by atoms with E-state index in [1.165, 1.54) is 11.8 Å². The average Bonchev–Trinajstić information content (AvgIpc) is 3.07. The molecule has 2 unspecified atom stereocenters. The van der Waals surface area contributed by atoms with E-state index in [1.54, 1.807) is 6.08 Å². The molecule has 6 heteroatoms. The van der Waals surface area contributed by atoms with Gasteiger partial charge < -0.3 is 0 Å². The number of rotatable bonds is 3. The predicted molar refractivity (Wildman–Crippen MR) is 82.0 cm³/mol. The van der Waals surface area contributed by atoms with Crippen molar-refractivity contribution in [1.82, 2.24) is 0 Å². The Morgan fingerprint density at radius 2 is 2.25 bits per heavy atom. The van der Waals surface area contributed by atoms with Gasteiger partial charge in [-0.1, -0.05) is 49.0 Å². The molecule has 0 saturated heterocycles. The zero-order valence-electron chi connectivity index (χ0n) is 11.8. The van der Waals surface area contributed by atoms with Gasteiger partial charge in [0.25, 0.3) is 0 Å². The molecule has 2 fully saturated rings. The van der Waals surface area contributed by atoms with Crippen LogP contribution in [0.1, 0.15) is 33.1 Å². The maximum absolute atomic E-state index is 12.7. The van der Waals surface area contributed by atoms with Crippen molar-refractivity contribution < 1.29 is 12.7 Å². The highest BCUT2D eigenvalue weighted by Crippen LogP contribution is 2.64. The first-order chi connectivity index (χ1) is 9.30. The highest BCUT2D eigenvalue weighted by Gasteiger charge is 2.67. The van der Waals surface area contributed by atoms with Crippen molar-refractivity contribution in [3.63, 3.8) is 0 Å². The van der Waals surface area contributed by atoms with Crippen LogP contribution in [0.5, 0.6) is 0 Å². The van der Waals surface area contributed by atoms with Crippen molar-refractivity contribution >= 4 is 26.9 Å². The van der Waals surface area contributed by atoms with E-state index in [2.05, 4.69) is 11.7 Å². The lowest BCUT2D eigenvalue weighted by atomic mass is 9.73. The molecule has 0 aromatic heterocycles. The van der Waals surface area contributed by atoms with Crippen LogP contribution in [0.25, 0.3) is 0 Å². The minimum atomic E-state index is -3.75. The van der Waals surface area contributed by atoms with Gasteiger partial charge in [0.1, 0.15) is 9.79 Å². The fourth-order valence-electron chi connectivity index (χ4n) is 3.76. The SMILES string of the molecule is C=C1C2CCC(S(=O)(=O)ON=C3C=CCS3)(C2)C1(C)C. The molecule has 2 atom stereocenters. The van der Waals surface area contributed by atoms with Crippen LogP contribution in [-0.4, -0.2) is 24.0 Å². The molecular formula is C14H19NO3S2. The zero-order chi connectivity index (χ0) is 14.6. The standard InChI is InChI=1S/C14H19NO3S2/c1-10-11-6-7-14(9-11,13(10,2)3)20(16,17)18-15-12-5-4-8-19-12/h4-5,11H,1,6-9H2,2-3H3. The Bertz CT molecular complexity index is 618. The number of hydrogen-bond acceptors (Lipinski definition) is 5. The Morgan fingerprint density at radius 1 is 1.50 bits per heavy atom. The van der Waals surface area contributed by atoms with Crippen LogP contribution in [0.3, 0.4) is 0 Å². The fraction of sp³-hybridized carbons (Fsp3) is 0.643. The third kappa shape index (κ3) is 1.73. The summed E-state index contributed by atoms with van der Waals surface area (Å²) in [7, 11) is -3.75. The van der Waals surface area contributed by atoms with E-state index < -0.39 is 20.3 Å². The van der Waals surface area contributed by atoms with E-state index in [1.807, 2.05) is 19.9 Å². The molecule has 0 N–H and O–H groups in total. The molecule has 1 heterocycles. The van der Waals surface area contributed by atoms with E-state index in [0.717, 1.165) is 17.7 Å². The molecule has 110 valence electrons. The van der Waals surface area contributed by atoms with Gasteiger partial charge in [-0.2, -0.15) is 8.42 Å². The van der Waals surface area contributed by atoms with Crippen molar-refractivity contribution in [1.29, 1.82) is 0 Å². The quantitative estimate of drug-likeness (QED) is 0.593. The monoisotopic (exact) mass is 313 g/mol. The molecule has 20 heavy (non-hydrogen) atoms. The molecule has 2 bridgehead atoms. The molecule has 0 spiro atoms. The van der Waals surface area contributed by atoms with Crippen molar-refractivity contribution in [2.45, 2.75) is 37.9 Å². The third-order valence-corrected chi connectivity index (χ3v) is 8.17. The van der Waals surface area contributed by atoms with Crippen LogP contribution in [-0.2, 0) is 14.4 Å². The molecule has 0 amide bonds. The molecule has 1 aliphatic heterocycles. The number of thioether (sulfide) groups is 1. The summed E-state index contributed by atoms with van der Waals surface area (Å²) >= 11 is 1.47. The molecule has 2 saturated carbocycles. The molecule has 0 radical (unpaired) electrons. The minimum absolute atomic E-state index is 0.303. The largest absolute Gasteiger partial charge is 0.335 e. The van der Waals surface area contributed by atoms with Gasteiger partial charge in [-0.25, -0.2) is 0 Å². The van der Waals surface area contributed by atoms with Gasteiger partial charge in [0.05, 0.1) is 0 Å². The predicted octanol–water partition coefficient (Wildman–Crippen LogP) is 3.08. The first-order valence-electron chi connectivity index (χ1n) is 6.80. The van der Waals surface area contributed by atoms with E-state index in [-0.39, 0.29) is 0 Å². The lowest BCUT2D eigenvalue weighted by Crippen LogP contribution is -2.47. The summed E-state index contributed by atoms with van der Waals surface area (Å²) in [5.41, 5.74) is 0.590. The second-order valence-corrected chi connectivity index (χ2v) is 9.13. The molecule has 4 nitrogen and oxygen atoms in total. The summed E-state index contributed by atoms with van der Waals surface area (Å²) in [6.45, 7) is 8.04. The lowest BCUT2D eigenvalue weighted by Gasteiger charge is -2.40. The number of nitrogens with zero attached hydrogens (tertiary/aromatic N) is 1. The Kier molecular flexibility index (Phi) is 3.10. The summed E-state index contributed by atoms with van der Waals surface area (Å²) in [5.74, 6) is 1.12. The van der Waals surface area contributed by atoms with Crippen LogP contribution >= 0.6 is 11.8 Å². The molecule has 2 aliphatic carbocycles. The second-order valence-electron chi connectivity index (χ2n) is 6.26. The van der Waals surface area contributed by atoms with Crippen molar-refractivity contribution in [3.8, 4) is 0 Å². The normalized spacial score (nSPS) is 37.0. The summed E-state index contributed by atoms with van der Waals surface area (Å²) in [4.78, 5) is 0. The van der Waals surface area contributed by atoms with Crippen LogP contribution in [0.4, 0.5) is 0 Å². The van der Waals surface area contributed by atoms with Gasteiger partial charge in [0.15, 0.2) is 0 Å². The molecule has 3 rings (SSSR count). The molecule has 0 aromatic carbocycles. The minimum Gasteiger partial charge on any atom is -0.267 e. The van der Waals surface area contributed by atoms with E-state index in [4.69, 9.17) is 4.28 Å². The smallest absolute Gasteiger partial charge is 0.267 e. The lowest BCUT2D eigenvalue weighted by molar-refractivity contribution is 0.253. The number of oxime groups is 1. The maximum atomic E-state index is 12.7. The van der Waals surface area contributed by atoms with Gasteiger partial charge in [-0.15, -0.1) is 0 Å². The Morgan fingerprint density at radius 3 is 2.80 bits per heavy atom. The summed E-state index contributed by atoms with van der Waals surface area (Å²) in [5, 5.41) is 4.44. The van der Waals surface area contributed by atoms with E-state index >= 15 is 0 Å². The molecule has 0 aromatic rings. The molecule has 3 aliphatic rings. The van der Waals surface area contributed by atoms with Gasteiger partial charge in [-0.05, 0) is 31.3 Å². The topological polar surface area (TPSA) is 55.7 Å².